The van der Waals surface area contributed by atoms with Gasteiger partial charge in [0.05, 0.1) is 15.1 Å². The maximum Gasteiger partial charge on any atom is 0.311 e. The smallest absolute Gasteiger partial charge is 0.311 e. The van der Waals surface area contributed by atoms with Crippen molar-refractivity contribution < 1.29 is 14.5 Å². The predicted molar refractivity (Wildman–Crippen MR) is 134 cm³/mol. The SMILES string of the molecule is Cc1ccc2nc(-c3ccc(NC(=O)c4ccn(COc5ccccc5[N+](=O)[O-])n4)cc3)sc2c1. The Morgan fingerprint density at radius 1 is 1.11 bits per heavy atom. The average molecular weight is 486 g/mol. The Kier molecular flexibility index (Phi) is 5.94. The number of benzene rings is 3. The largest absolute Gasteiger partial charge is 0.464 e. The number of anilines is 1. The first-order valence-corrected chi connectivity index (χ1v) is 11.5. The van der Waals surface area contributed by atoms with Crippen LogP contribution in [-0.4, -0.2) is 25.6 Å². The number of hydrogen-bond acceptors (Lipinski definition) is 7. The van der Waals surface area contributed by atoms with E-state index in [1.165, 1.54) is 22.4 Å². The van der Waals surface area contributed by atoms with Crippen molar-refractivity contribution in [2.24, 2.45) is 0 Å². The van der Waals surface area contributed by atoms with Gasteiger partial charge in [-0.25, -0.2) is 9.67 Å². The van der Waals surface area contributed by atoms with E-state index in [0.29, 0.717) is 5.69 Å². The fraction of sp³-hybridized carbons (Fsp3) is 0.0800. The number of carbonyl (C=O) groups excluding carboxylic acids is 1. The number of nitrogens with zero attached hydrogens (tertiary/aromatic N) is 4. The van der Waals surface area contributed by atoms with Crippen LogP contribution in [0.3, 0.4) is 0 Å². The van der Waals surface area contributed by atoms with Crippen molar-refractivity contribution in [2.75, 3.05) is 5.32 Å². The van der Waals surface area contributed by atoms with Crippen molar-refractivity contribution in [3.8, 4) is 16.3 Å². The van der Waals surface area contributed by atoms with Crippen LogP contribution in [-0.2, 0) is 6.73 Å². The summed E-state index contributed by atoms with van der Waals surface area (Å²) in [5.41, 5.74) is 3.82. The lowest BCUT2D eigenvalue weighted by Gasteiger charge is -2.06. The van der Waals surface area contributed by atoms with Crippen molar-refractivity contribution in [2.45, 2.75) is 13.7 Å². The maximum atomic E-state index is 12.6. The second kappa shape index (κ2) is 9.35. The standard InChI is InChI=1S/C25H19N5O4S/c1-16-6-11-19-23(14-16)35-25(27-19)17-7-9-18(10-8-17)26-24(31)20-12-13-29(28-20)15-34-22-5-3-2-4-21(22)30(32)33/h2-14H,15H2,1H3,(H,26,31). The van der Waals surface area contributed by atoms with Gasteiger partial charge in [0.1, 0.15) is 5.01 Å². The summed E-state index contributed by atoms with van der Waals surface area (Å²) in [7, 11) is 0. The van der Waals surface area contributed by atoms with Gasteiger partial charge in [-0.15, -0.1) is 11.3 Å². The highest BCUT2D eigenvalue weighted by molar-refractivity contribution is 7.21. The van der Waals surface area contributed by atoms with E-state index in [2.05, 4.69) is 28.4 Å². The first-order chi connectivity index (χ1) is 17.0. The number of fused-ring (bicyclic) bond motifs is 1. The Hall–Kier alpha value is -4.57. The molecule has 2 heterocycles. The fourth-order valence-corrected chi connectivity index (χ4v) is 4.54. The summed E-state index contributed by atoms with van der Waals surface area (Å²) in [6.07, 6.45) is 1.57. The van der Waals surface area contributed by atoms with Gasteiger partial charge in [-0.3, -0.25) is 14.9 Å². The van der Waals surface area contributed by atoms with Gasteiger partial charge in [0, 0.05) is 23.5 Å². The van der Waals surface area contributed by atoms with Gasteiger partial charge in [0.15, 0.2) is 18.2 Å². The Labute approximate surface area is 203 Å². The number of aromatic nitrogens is 3. The Morgan fingerprint density at radius 3 is 2.71 bits per heavy atom. The number of carbonyl (C=O) groups is 1. The van der Waals surface area contributed by atoms with Crippen LogP contribution < -0.4 is 10.1 Å². The zero-order valence-corrected chi connectivity index (χ0v) is 19.4. The molecule has 0 aliphatic heterocycles. The number of nitrogens with one attached hydrogen (secondary N) is 1. The molecule has 0 atom stereocenters. The number of rotatable bonds is 7. The zero-order chi connectivity index (χ0) is 24.4. The Morgan fingerprint density at radius 2 is 1.91 bits per heavy atom. The van der Waals surface area contributed by atoms with E-state index in [1.54, 1.807) is 35.7 Å². The number of aryl methyl sites for hydroxylation is 1. The van der Waals surface area contributed by atoms with Crippen molar-refractivity contribution in [1.82, 2.24) is 14.8 Å². The second-order valence-electron chi connectivity index (χ2n) is 7.76. The normalized spacial score (nSPS) is 10.9. The molecule has 0 fully saturated rings. The summed E-state index contributed by atoms with van der Waals surface area (Å²) in [4.78, 5) is 27.9. The lowest BCUT2D eigenvalue weighted by atomic mass is 10.2. The highest BCUT2D eigenvalue weighted by Gasteiger charge is 2.15. The number of para-hydroxylation sites is 2. The molecule has 0 bridgehead atoms. The van der Waals surface area contributed by atoms with E-state index >= 15 is 0 Å². The van der Waals surface area contributed by atoms with Crippen LogP contribution in [0.5, 0.6) is 5.75 Å². The van der Waals surface area contributed by atoms with Gasteiger partial charge in [0.2, 0.25) is 0 Å². The monoisotopic (exact) mass is 485 g/mol. The number of thiazole rings is 1. The molecule has 0 saturated carbocycles. The summed E-state index contributed by atoms with van der Waals surface area (Å²) in [5, 5.41) is 19.0. The molecular weight excluding hydrogens is 466 g/mol. The molecule has 9 nitrogen and oxygen atoms in total. The topological polar surface area (TPSA) is 112 Å². The van der Waals surface area contributed by atoms with Gasteiger partial charge < -0.3 is 10.1 Å². The molecule has 174 valence electrons. The molecule has 1 N–H and O–H groups in total. The molecule has 0 saturated heterocycles. The third-order valence-electron chi connectivity index (χ3n) is 5.22. The molecule has 0 spiro atoms. The van der Waals surface area contributed by atoms with Crippen LogP contribution in [0, 0.1) is 17.0 Å². The molecule has 0 radical (unpaired) electrons. The maximum absolute atomic E-state index is 12.6. The molecule has 0 aliphatic carbocycles. The molecule has 10 heteroatoms. The fourth-order valence-electron chi connectivity index (χ4n) is 3.47. The quantitative estimate of drug-likeness (QED) is 0.235. The van der Waals surface area contributed by atoms with Gasteiger partial charge in [-0.05, 0) is 61.0 Å². The molecule has 0 unspecified atom stereocenters. The van der Waals surface area contributed by atoms with Crippen molar-refractivity contribution in [3.63, 3.8) is 0 Å². The number of ether oxygens (including phenoxy) is 1. The van der Waals surface area contributed by atoms with Crippen molar-refractivity contribution in [3.05, 3.63) is 100 Å². The van der Waals surface area contributed by atoms with Crippen molar-refractivity contribution >= 4 is 38.8 Å². The van der Waals surface area contributed by atoms with Crippen LogP contribution in [0.4, 0.5) is 11.4 Å². The molecular formula is C25H19N5O4S. The van der Waals surface area contributed by atoms with E-state index in [1.807, 2.05) is 36.4 Å². The molecule has 0 aliphatic rings. The molecule has 35 heavy (non-hydrogen) atoms. The van der Waals surface area contributed by atoms with Gasteiger partial charge in [0.25, 0.3) is 5.91 Å². The average Bonchev–Trinajstić information content (AvgIpc) is 3.50. The van der Waals surface area contributed by atoms with E-state index in [-0.39, 0.29) is 29.8 Å². The third-order valence-corrected chi connectivity index (χ3v) is 6.29. The summed E-state index contributed by atoms with van der Waals surface area (Å²) in [6.45, 7) is 1.98. The summed E-state index contributed by atoms with van der Waals surface area (Å²) < 4.78 is 8.03. The summed E-state index contributed by atoms with van der Waals surface area (Å²) in [6, 6.07) is 21.3. The number of nitro groups is 1. The minimum atomic E-state index is -0.514. The zero-order valence-electron chi connectivity index (χ0n) is 18.5. The molecule has 5 rings (SSSR count). The highest BCUT2D eigenvalue weighted by atomic mass is 32.1. The van der Waals surface area contributed by atoms with E-state index in [0.717, 1.165) is 20.8 Å². The number of amides is 1. The Bertz CT molecular complexity index is 1540. The number of hydrogen-bond donors (Lipinski definition) is 1. The van der Waals surface area contributed by atoms with Crippen LogP contribution in [0.25, 0.3) is 20.8 Å². The van der Waals surface area contributed by atoms with Gasteiger partial charge >= 0.3 is 5.69 Å². The first kappa shape index (κ1) is 22.2. The summed E-state index contributed by atoms with van der Waals surface area (Å²) >= 11 is 1.63. The minimum Gasteiger partial charge on any atom is -0.464 e. The molecule has 5 aromatic rings. The lowest BCUT2D eigenvalue weighted by molar-refractivity contribution is -0.386. The van der Waals surface area contributed by atoms with Crippen molar-refractivity contribution in [1.29, 1.82) is 0 Å². The van der Waals surface area contributed by atoms with E-state index in [9.17, 15) is 14.9 Å². The third kappa shape index (κ3) is 4.87. The second-order valence-corrected chi connectivity index (χ2v) is 8.79. The molecule has 2 aromatic heterocycles. The summed E-state index contributed by atoms with van der Waals surface area (Å²) in [5.74, 6) is -0.250. The highest BCUT2D eigenvalue weighted by Crippen LogP contribution is 2.31. The first-order valence-electron chi connectivity index (χ1n) is 10.6. The van der Waals surface area contributed by atoms with E-state index in [4.69, 9.17) is 4.74 Å². The van der Waals surface area contributed by atoms with Gasteiger partial charge in [-0.1, -0.05) is 18.2 Å². The Balaban J connectivity index is 1.23. The lowest BCUT2D eigenvalue weighted by Crippen LogP contribution is -2.14. The predicted octanol–water partition coefficient (Wildman–Crippen LogP) is 5.67. The van der Waals surface area contributed by atoms with E-state index < -0.39 is 4.92 Å². The minimum absolute atomic E-state index is 0.0749. The van der Waals surface area contributed by atoms with Crippen LogP contribution in [0.1, 0.15) is 16.1 Å². The molecule has 1 amide bonds. The molecule has 3 aromatic carbocycles. The van der Waals surface area contributed by atoms with Gasteiger partial charge in [-0.2, -0.15) is 5.10 Å². The van der Waals surface area contributed by atoms with Crippen LogP contribution >= 0.6 is 11.3 Å². The van der Waals surface area contributed by atoms with Crippen LogP contribution in [0.15, 0.2) is 79.0 Å². The van der Waals surface area contributed by atoms with Crippen LogP contribution in [0.2, 0.25) is 0 Å². The number of nitro benzene ring substituents is 1.